The van der Waals surface area contributed by atoms with Crippen LogP contribution in [0.3, 0.4) is 0 Å². The molecule has 0 spiro atoms. The first-order valence-electron chi connectivity index (χ1n) is 7.58. The number of carbonyl (C=O) groups excluding carboxylic acids is 2. The van der Waals surface area contributed by atoms with Gasteiger partial charge < -0.3 is 11.1 Å². The van der Waals surface area contributed by atoms with E-state index in [0.29, 0.717) is 11.6 Å². The third kappa shape index (κ3) is 5.00. The van der Waals surface area contributed by atoms with Gasteiger partial charge in [0.05, 0.1) is 13.1 Å². The SMILES string of the molecule is NC(=O)CN(CC(=O)NCc1ccccc1Cl)C1CCCC1. The zero-order chi connectivity index (χ0) is 15.9. The third-order valence-electron chi connectivity index (χ3n) is 3.98. The van der Waals surface area contributed by atoms with E-state index in [1.54, 1.807) is 6.07 Å². The van der Waals surface area contributed by atoms with Crippen LogP contribution in [0.5, 0.6) is 0 Å². The molecule has 1 aliphatic rings. The molecule has 120 valence electrons. The van der Waals surface area contributed by atoms with Crippen molar-refractivity contribution >= 4 is 23.4 Å². The van der Waals surface area contributed by atoms with Gasteiger partial charge in [-0.05, 0) is 24.5 Å². The number of hydrogen-bond donors (Lipinski definition) is 2. The Kier molecular flexibility index (Phi) is 6.21. The van der Waals surface area contributed by atoms with E-state index in [1.807, 2.05) is 23.1 Å². The molecule has 1 aliphatic carbocycles. The topological polar surface area (TPSA) is 75.4 Å². The van der Waals surface area contributed by atoms with Crippen LogP contribution in [0, 0.1) is 0 Å². The Hall–Kier alpha value is -1.59. The Balaban J connectivity index is 1.87. The molecule has 0 heterocycles. The summed E-state index contributed by atoms with van der Waals surface area (Å²) in [5.41, 5.74) is 6.17. The van der Waals surface area contributed by atoms with Crippen LogP contribution in [0.1, 0.15) is 31.2 Å². The second kappa shape index (κ2) is 8.15. The smallest absolute Gasteiger partial charge is 0.234 e. The molecule has 2 amide bonds. The predicted molar refractivity (Wildman–Crippen MR) is 86.3 cm³/mol. The van der Waals surface area contributed by atoms with Gasteiger partial charge in [-0.2, -0.15) is 0 Å². The number of nitrogens with one attached hydrogen (secondary N) is 1. The van der Waals surface area contributed by atoms with Gasteiger partial charge in [-0.3, -0.25) is 14.5 Å². The first-order valence-corrected chi connectivity index (χ1v) is 7.96. The van der Waals surface area contributed by atoms with Gasteiger partial charge in [0.1, 0.15) is 0 Å². The van der Waals surface area contributed by atoms with Crippen molar-refractivity contribution in [1.29, 1.82) is 0 Å². The zero-order valence-electron chi connectivity index (χ0n) is 12.6. The van der Waals surface area contributed by atoms with E-state index in [-0.39, 0.29) is 25.0 Å². The lowest BCUT2D eigenvalue weighted by atomic mass is 10.2. The number of nitrogens with two attached hydrogens (primary N) is 1. The molecule has 0 aromatic heterocycles. The number of amides is 2. The molecule has 1 fully saturated rings. The molecule has 22 heavy (non-hydrogen) atoms. The highest BCUT2D eigenvalue weighted by Crippen LogP contribution is 2.23. The second-order valence-electron chi connectivity index (χ2n) is 5.68. The molecule has 0 unspecified atom stereocenters. The molecule has 0 bridgehead atoms. The van der Waals surface area contributed by atoms with E-state index in [1.165, 1.54) is 0 Å². The molecular formula is C16H22ClN3O2. The molecule has 1 saturated carbocycles. The minimum absolute atomic E-state index is 0.118. The van der Waals surface area contributed by atoms with E-state index in [4.69, 9.17) is 17.3 Å². The third-order valence-corrected chi connectivity index (χ3v) is 4.35. The average Bonchev–Trinajstić information content (AvgIpc) is 2.99. The molecule has 0 saturated heterocycles. The van der Waals surface area contributed by atoms with Crippen molar-refractivity contribution < 1.29 is 9.59 Å². The van der Waals surface area contributed by atoms with E-state index in [0.717, 1.165) is 31.2 Å². The number of carbonyl (C=O) groups is 2. The van der Waals surface area contributed by atoms with Gasteiger partial charge in [0.25, 0.3) is 0 Å². The molecule has 1 aromatic rings. The maximum atomic E-state index is 12.1. The van der Waals surface area contributed by atoms with E-state index < -0.39 is 5.91 Å². The van der Waals surface area contributed by atoms with Crippen LogP contribution in [0.25, 0.3) is 0 Å². The molecule has 6 heteroatoms. The Morgan fingerprint density at radius 1 is 1.23 bits per heavy atom. The van der Waals surface area contributed by atoms with Crippen LogP contribution >= 0.6 is 11.6 Å². The Morgan fingerprint density at radius 3 is 2.55 bits per heavy atom. The Morgan fingerprint density at radius 2 is 1.91 bits per heavy atom. The summed E-state index contributed by atoms with van der Waals surface area (Å²) < 4.78 is 0. The van der Waals surface area contributed by atoms with Crippen molar-refractivity contribution in [3.63, 3.8) is 0 Å². The average molecular weight is 324 g/mol. The van der Waals surface area contributed by atoms with Crippen molar-refractivity contribution in [2.45, 2.75) is 38.3 Å². The van der Waals surface area contributed by atoms with Crippen LogP contribution in [0.15, 0.2) is 24.3 Å². The van der Waals surface area contributed by atoms with Crippen LogP contribution < -0.4 is 11.1 Å². The van der Waals surface area contributed by atoms with Crippen molar-refractivity contribution in [3.8, 4) is 0 Å². The number of nitrogens with zero attached hydrogens (tertiary/aromatic N) is 1. The maximum Gasteiger partial charge on any atom is 0.234 e. The lowest BCUT2D eigenvalue weighted by Gasteiger charge is -2.26. The van der Waals surface area contributed by atoms with Gasteiger partial charge in [-0.1, -0.05) is 42.6 Å². The van der Waals surface area contributed by atoms with Crippen molar-refractivity contribution in [2.24, 2.45) is 5.73 Å². The van der Waals surface area contributed by atoms with Crippen molar-refractivity contribution in [1.82, 2.24) is 10.2 Å². The lowest BCUT2D eigenvalue weighted by molar-refractivity contribution is -0.124. The zero-order valence-corrected chi connectivity index (χ0v) is 13.3. The quantitative estimate of drug-likeness (QED) is 0.801. The predicted octanol–water partition coefficient (Wildman–Crippen LogP) is 1.69. The summed E-state index contributed by atoms with van der Waals surface area (Å²) in [4.78, 5) is 25.2. The molecule has 2 rings (SSSR count). The second-order valence-corrected chi connectivity index (χ2v) is 6.08. The lowest BCUT2D eigenvalue weighted by Crippen LogP contribution is -2.45. The Bertz CT molecular complexity index is 530. The van der Waals surface area contributed by atoms with Crippen molar-refractivity contribution in [3.05, 3.63) is 34.9 Å². The first kappa shape index (κ1) is 16.8. The molecule has 0 aliphatic heterocycles. The minimum atomic E-state index is -0.397. The van der Waals surface area contributed by atoms with Gasteiger partial charge >= 0.3 is 0 Å². The highest BCUT2D eigenvalue weighted by Gasteiger charge is 2.25. The highest BCUT2D eigenvalue weighted by molar-refractivity contribution is 6.31. The summed E-state index contributed by atoms with van der Waals surface area (Å²) in [7, 11) is 0. The van der Waals surface area contributed by atoms with Crippen LogP contribution in [0.2, 0.25) is 5.02 Å². The summed E-state index contributed by atoms with van der Waals surface area (Å²) in [5, 5.41) is 3.48. The molecule has 5 nitrogen and oxygen atoms in total. The number of rotatable bonds is 7. The van der Waals surface area contributed by atoms with Crippen LogP contribution in [-0.4, -0.2) is 35.8 Å². The van der Waals surface area contributed by atoms with Gasteiger partial charge in [-0.25, -0.2) is 0 Å². The largest absolute Gasteiger partial charge is 0.369 e. The Labute approximate surface area is 135 Å². The molecule has 1 aromatic carbocycles. The number of halogens is 1. The standard InChI is InChI=1S/C16H22ClN3O2/c17-14-8-4-1-5-12(14)9-19-16(22)11-20(10-15(18)21)13-6-2-3-7-13/h1,4-5,8,13H,2-3,6-7,9-11H2,(H2,18,21)(H,19,22). The number of hydrogen-bond acceptors (Lipinski definition) is 3. The summed E-state index contributed by atoms with van der Waals surface area (Å²) >= 11 is 6.06. The van der Waals surface area contributed by atoms with Gasteiger partial charge in [0.2, 0.25) is 11.8 Å². The monoisotopic (exact) mass is 323 g/mol. The summed E-state index contributed by atoms with van der Waals surface area (Å²) in [6.45, 7) is 0.704. The maximum absolute atomic E-state index is 12.1. The fraction of sp³-hybridized carbons (Fsp3) is 0.500. The fourth-order valence-electron chi connectivity index (χ4n) is 2.86. The molecule has 3 N–H and O–H groups in total. The molecular weight excluding hydrogens is 302 g/mol. The number of primary amides is 1. The minimum Gasteiger partial charge on any atom is -0.369 e. The molecule has 0 radical (unpaired) electrons. The molecule has 0 atom stereocenters. The summed E-state index contributed by atoms with van der Waals surface area (Å²) in [6.07, 6.45) is 4.32. The van der Waals surface area contributed by atoms with E-state index >= 15 is 0 Å². The van der Waals surface area contributed by atoms with E-state index in [9.17, 15) is 9.59 Å². The van der Waals surface area contributed by atoms with E-state index in [2.05, 4.69) is 5.32 Å². The summed E-state index contributed by atoms with van der Waals surface area (Å²) in [6, 6.07) is 7.67. The first-order chi connectivity index (χ1) is 10.6. The van der Waals surface area contributed by atoms with Gasteiger partial charge in [0, 0.05) is 17.6 Å². The van der Waals surface area contributed by atoms with Crippen molar-refractivity contribution in [2.75, 3.05) is 13.1 Å². The van der Waals surface area contributed by atoms with Crippen LogP contribution in [0.4, 0.5) is 0 Å². The summed E-state index contributed by atoms with van der Waals surface area (Å²) in [5.74, 6) is -0.515. The van der Waals surface area contributed by atoms with Gasteiger partial charge in [0.15, 0.2) is 0 Å². The van der Waals surface area contributed by atoms with Gasteiger partial charge in [-0.15, -0.1) is 0 Å². The normalized spacial score (nSPS) is 15.2. The van der Waals surface area contributed by atoms with Crippen LogP contribution in [-0.2, 0) is 16.1 Å². The highest BCUT2D eigenvalue weighted by atomic mass is 35.5. The number of benzene rings is 1. The fourth-order valence-corrected chi connectivity index (χ4v) is 3.06.